The van der Waals surface area contributed by atoms with E-state index in [1.54, 1.807) is 0 Å². The van der Waals surface area contributed by atoms with Gasteiger partial charge in [-0.15, -0.1) is 0 Å². The van der Waals surface area contributed by atoms with Crippen molar-refractivity contribution in [2.45, 2.75) is 64.7 Å². The van der Waals surface area contributed by atoms with Crippen molar-refractivity contribution in [2.75, 3.05) is 0 Å². The highest BCUT2D eigenvalue weighted by Crippen LogP contribution is 2.08. The van der Waals surface area contributed by atoms with E-state index in [0.29, 0.717) is 12.7 Å². The molecule has 0 saturated heterocycles. The average Bonchev–Trinajstić information content (AvgIpc) is 2.27. The molecule has 0 unspecified atom stereocenters. The smallest absolute Gasteiger partial charge is 0.139 e. The number of carbonyl (C=O) groups excluding carboxylic acids is 2. The van der Waals surface area contributed by atoms with E-state index < -0.39 is 0 Å². The fourth-order valence-electron chi connectivity index (χ4n) is 1.59. The van der Waals surface area contributed by atoms with Crippen molar-refractivity contribution >= 4 is 12.1 Å². The van der Waals surface area contributed by atoms with Crippen molar-refractivity contribution in [3.05, 3.63) is 12.2 Å². The first-order valence-electron chi connectivity index (χ1n) is 6.41. The van der Waals surface area contributed by atoms with Gasteiger partial charge in [0.15, 0.2) is 0 Å². The van der Waals surface area contributed by atoms with Crippen molar-refractivity contribution in [3.63, 3.8) is 0 Å². The van der Waals surface area contributed by atoms with E-state index in [1.165, 1.54) is 25.7 Å². The number of carbonyl (C=O) groups is 2. The van der Waals surface area contributed by atoms with Gasteiger partial charge in [-0.1, -0.05) is 38.3 Å². The van der Waals surface area contributed by atoms with Gasteiger partial charge >= 0.3 is 0 Å². The number of aldehydes is 1. The number of hydrogen-bond acceptors (Lipinski definition) is 2. The maximum atomic E-state index is 11.0. The molecule has 0 fully saturated rings. The largest absolute Gasteiger partial charge is 0.303 e. The number of Topliss-reactive ketones (excluding diaryl/α,β-unsaturated/α-hetero) is 1. The lowest BCUT2D eigenvalue weighted by Gasteiger charge is -1.99. The number of rotatable bonds is 11. The van der Waals surface area contributed by atoms with E-state index in [4.69, 9.17) is 0 Å². The van der Waals surface area contributed by atoms with E-state index in [1.807, 2.05) is 0 Å². The summed E-state index contributed by atoms with van der Waals surface area (Å²) in [4.78, 5) is 21.1. The zero-order valence-electron chi connectivity index (χ0n) is 10.4. The minimum atomic E-state index is 0.0841. The molecule has 0 amide bonds. The first-order valence-corrected chi connectivity index (χ1v) is 6.41. The van der Waals surface area contributed by atoms with Gasteiger partial charge in [0, 0.05) is 6.42 Å². The quantitative estimate of drug-likeness (QED) is 0.231. The van der Waals surface area contributed by atoms with Crippen LogP contribution in [0.2, 0.25) is 0 Å². The standard InChI is InChI=1S/C14H24O2/c1-2-3-4-5-6-7-8-9-10-11-14(16)12-13-15/h3-4,13H,2,5-12H2,1H3. The lowest BCUT2D eigenvalue weighted by molar-refractivity contribution is -0.122. The molecular formula is C14H24O2. The fourth-order valence-corrected chi connectivity index (χ4v) is 1.59. The summed E-state index contributed by atoms with van der Waals surface area (Å²) in [6, 6.07) is 0. The predicted octanol–water partition coefficient (Wildman–Crippen LogP) is 3.84. The van der Waals surface area contributed by atoms with Crippen LogP contribution < -0.4 is 0 Å². The molecule has 2 heteroatoms. The summed E-state index contributed by atoms with van der Waals surface area (Å²) < 4.78 is 0. The molecule has 0 spiro atoms. The van der Waals surface area contributed by atoms with Crippen LogP contribution in [0.25, 0.3) is 0 Å². The molecule has 0 aliphatic heterocycles. The molecule has 16 heavy (non-hydrogen) atoms. The van der Waals surface area contributed by atoms with Gasteiger partial charge < -0.3 is 4.79 Å². The third-order valence-electron chi connectivity index (χ3n) is 2.54. The predicted molar refractivity (Wildman–Crippen MR) is 67.4 cm³/mol. The van der Waals surface area contributed by atoms with E-state index >= 15 is 0 Å². The Morgan fingerprint density at radius 1 is 1.00 bits per heavy atom. The summed E-state index contributed by atoms with van der Waals surface area (Å²) in [7, 11) is 0. The van der Waals surface area contributed by atoms with Crippen LogP contribution in [0, 0.1) is 0 Å². The summed E-state index contributed by atoms with van der Waals surface area (Å²) in [6.45, 7) is 2.15. The molecule has 92 valence electrons. The highest BCUT2D eigenvalue weighted by Gasteiger charge is 1.99. The zero-order chi connectivity index (χ0) is 12.1. The van der Waals surface area contributed by atoms with Crippen molar-refractivity contribution < 1.29 is 9.59 Å². The Hall–Kier alpha value is -0.920. The van der Waals surface area contributed by atoms with Crippen molar-refractivity contribution in [2.24, 2.45) is 0 Å². The molecular weight excluding hydrogens is 200 g/mol. The number of allylic oxidation sites excluding steroid dienone is 2. The second-order valence-electron chi connectivity index (χ2n) is 4.10. The van der Waals surface area contributed by atoms with Crippen LogP contribution in [0.15, 0.2) is 12.2 Å². The van der Waals surface area contributed by atoms with Crippen molar-refractivity contribution in [1.29, 1.82) is 0 Å². The summed E-state index contributed by atoms with van der Waals surface area (Å²) in [6.07, 6.45) is 13.9. The third-order valence-corrected chi connectivity index (χ3v) is 2.54. The van der Waals surface area contributed by atoms with Gasteiger partial charge in [-0.05, 0) is 25.7 Å². The van der Waals surface area contributed by atoms with Crippen LogP contribution in [0.3, 0.4) is 0 Å². The zero-order valence-corrected chi connectivity index (χ0v) is 10.4. The minimum Gasteiger partial charge on any atom is -0.303 e. The second-order valence-corrected chi connectivity index (χ2v) is 4.10. The van der Waals surface area contributed by atoms with Gasteiger partial charge in [0.25, 0.3) is 0 Å². The van der Waals surface area contributed by atoms with Crippen LogP contribution >= 0.6 is 0 Å². The summed E-state index contributed by atoms with van der Waals surface area (Å²) in [5.74, 6) is 0.0841. The van der Waals surface area contributed by atoms with E-state index in [0.717, 1.165) is 19.3 Å². The van der Waals surface area contributed by atoms with Gasteiger partial charge in [-0.3, -0.25) is 4.79 Å². The molecule has 0 aromatic carbocycles. The minimum absolute atomic E-state index is 0.0841. The van der Waals surface area contributed by atoms with Crippen molar-refractivity contribution in [1.82, 2.24) is 0 Å². The number of unbranched alkanes of at least 4 members (excludes halogenated alkanes) is 5. The van der Waals surface area contributed by atoms with Crippen LogP contribution in [0.1, 0.15) is 64.7 Å². The SMILES string of the molecule is CCC=CCCCCCCCC(=O)CC=O. The number of hydrogen-bond donors (Lipinski definition) is 0. The molecule has 0 radical (unpaired) electrons. The molecule has 0 aliphatic rings. The Kier molecular flexibility index (Phi) is 11.5. The molecule has 0 atom stereocenters. The van der Waals surface area contributed by atoms with Crippen LogP contribution in [-0.2, 0) is 9.59 Å². The molecule has 0 bridgehead atoms. The Labute approximate surface area is 99.1 Å². The van der Waals surface area contributed by atoms with Gasteiger partial charge in [-0.25, -0.2) is 0 Å². The molecule has 0 N–H and O–H groups in total. The molecule has 0 heterocycles. The first kappa shape index (κ1) is 15.1. The molecule has 0 rings (SSSR count). The summed E-state index contributed by atoms with van der Waals surface area (Å²) >= 11 is 0. The van der Waals surface area contributed by atoms with Crippen molar-refractivity contribution in [3.8, 4) is 0 Å². The Morgan fingerprint density at radius 3 is 2.38 bits per heavy atom. The maximum Gasteiger partial charge on any atom is 0.139 e. The topological polar surface area (TPSA) is 34.1 Å². The lowest BCUT2D eigenvalue weighted by atomic mass is 10.1. The maximum absolute atomic E-state index is 11.0. The molecule has 0 aromatic rings. The van der Waals surface area contributed by atoms with Gasteiger partial charge in [0.05, 0.1) is 6.42 Å². The van der Waals surface area contributed by atoms with E-state index in [-0.39, 0.29) is 12.2 Å². The monoisotopic (exact) mass is 224 g/mol. The Balaban J connectivity index is 3.12. The number of ketones is 1. The van der Waals surface area contributed by atoms with Gasteiger partial charge in [0.1, 0.15) is 12.1 Å². The van der Waals surface area contributed by atoms with Gasteiger partial charge in [-0.2, -0.15) is 0 Å². The lowest BCUT2D eigenvalue weighted by Crippen LogP contribution is -1.97. The van der Waals surface area contributed by atoms with Crippen LogP contribution in [0.5, 0.6) is 0 Å². The Morgan fingerprint density at radius 2 is 1.69 bits per heavy atom. The van der Waals surface area contributed by atoms with E-state index in [2.05, 4.69) is 19.1 Å². The highest BCUT2D eigenvalue weighted by atomic mass is 16.1. The molecule has 0 aromatic heterocycles. The normalized spacial score (nSPS) is 10.8. The summed E-state index contributed by atoms with van der Waals surface area (Å²) in [5.41, 5.74) is 0. The second kappa shape index (κ2) is 12.2. The van der Waals surface area contributed by atoms with Gasteiger partial charge in [0.2, 0.25) is 0 Å². The molecule has 0 aliphatic carbocycles. The van der Waals surface area contributed by atoms with Crippen LogP contribution in [-0.4, -0.2) is 12.1 Å². The molecule has 0 saturated carbocycles. The fraction of sp³-hybridized carbons (Fsp3) is 0.714. The summed E-state index contributed by atoms with van der Waals surface area (Å²) in [5, 5.41) is 0. The third kappa shape index (κ3) is 11.2. The van der Waals surface area contributed by atoms with E-state index in [9.17, 15) is 9.59 Å². The highest BCUT2D eigenvalue weighted by molar-refractivity contribution is 5.89. The Bertz CT molecular complexity index is 207. The average molecular weight is 224 g/mol. The first-order chi connectivity index (χ1) is 7.81. The van der Waals surface area contributed by atoms with Crippen LogP contribution in [0.4, 0.5) is 0 Å². The molecule has 2 nitrogen and oxygen atoms in total.